The summed E-state index contributed by atoms with van der Waals surface area (Å²) in [5.74, 6) is -1.20. The number of methoxy groups -OCH3 is 1. The van der Waals surface area contributed by atoms with Gasteiger partial charge in [-0.05, 0) is 0 Å². The van der Waals surface area contributed by atoms with E-state index in [1.165, 1.54) is 0 Å². The Bertz CT molecular complexity index is 220. The summed E-state index contributed by atoms with van der Waals surface area (Å²) >= 11 is 0. The lowest BCUT2D eigenvalue weighted by Gasteiger charge is -2.27. The number of esters is 1. The summed E-state index contributed by atoms with van der Waals surface area (Å²) < 4.78 is 4.10. The minimum atomic E-state index is -2.06. The predicted octanol–water partition coefficient (Wildman–Crippen LogP) is -4.04. The number of rotatable bonds is 6. The zero-order valence-electron chi connectivity index (χ0n) is 8.59. The fraction of sp³-hybridized carbons (Fsp3) is 0.875. The third kappa shape index (κ3) is 3.67. The summed E-state index contributed by atoms with van der Waals surface area (Å²) in [5, 5.41) is 54.2. The molecule has 0 aliphatic heterocycles. The maximum atomic E-state index is 10.8. The zero-order chi connectivity index (χ0) is 12.9. The van der Waals surface area contributed by atoms with Crippen molar-refractivity contribution in [2.75, 3.05) is 13.7 Å². The number of ether oxygens (including phenoxy) is 1. The van der Waals surface area contributed by atoms with Crippen LogP contribution in [-0.2, 0) is 9.53 Å². The molecule has 0 radical (unpaired) electrons. The molecule has 0 spiro atoms. The van der Waals surface area contributed by atoms with Gasteiger partial charge in [-0.3, -0.25) is 0 Å². The maximum absolute atomic E-state index is 10.8. The standard InChI is InChI=1S/C8H16O8/c1-16-8(15)7(14)6(13)5(12)4(11)3(10)2-9/h3-7,9-14H,2H2,1H3/t3?,4-,5-,6+,7-/m1/s1. The van der Waals surface area contributed by atoms with Crippen molar-refractivity contribution in [1.82, 2.24) is 0 Å². The van der Waals surface area contributed by atoms with Crippen molar-refractivity contribution >= 4 is 5.97 Å². The Labute approximate surface area is 91.3 Å². The number of carbonyl (C=O) groups is 1. The largest absolute Gasteiger partial charge is 0.467 e. The first-order valence-electron chi connectivity index (χ1n) is 4.45. The predicted molar refractivity (Wildman–Crippen MR) is 49.1 cm³/mol. The van der Waals surface area contributed by atoms with Crippen molar-refractivity contribution in [3.63, 3.8) is 0 Å². The van der Waals surface area contributed by atoms with E-state index in [-0.39, 0.29) is 0 Å². The van der Waals surface area contributed by atoms with Crippen molar-refractivity contribution < 1.29 is 40.2 Å². The van der Waals surface area contributed by atoms with E-state index in [1.807, 2.05) is 0 Å². The maximum Gasteiger partial charge on any atom is 0.337 e. The van der Waals surface area contributed by atoms with Gasteiger partial charge in [-0.2, -0.15) is 0 Å². The Morgan fingerprint density at radius 2 is 1.56 bits per heavy atom. The van der Waals surface area contributed by atoms with Crippen LogP contribution in [0.3, 0.4) is 0 Å². The van der Waals surface area contributed by atoms with E-state index in [0.29, 0.717) is 0 Å². The van der Waals surface area contributed by atoms with E-state index in [4.69, 9.17) is 15.3 Å². The molecule has 0 aromatic heterocycles. The molecule has 0 aliphatic rings. The van der Waals surface area contributed by atoms with Gasteiger partial charge in [0.05, 0.1) is 13.7 Å². The van der Waals surface area contributed by atoms with Crippen molar-refractivity contribution in [2.45, 2.75) is 30.5 Å². The quantitative estimate of drug-likeness (QED) is 0.257. The molecule has 16 heavy (non-hydrogen) atoms. The molecule has 96 valence electrons. The molecule has 0 aromatic carbocycles. The van der Waals surface area contributed by atoms with Crippen LogP contribution >= 0.6 is 0 Å². The minimum Gasteiger partial charge on any atom is -0.467 e. The molecule has 0 amide bonds. The lowest BCUT2D eigenvalue weighted by Crippen LogP contribution is -2.52. The van der Waals surface area contributed by atoms with Crippen LogP contribution in [0.15, 0.2) is 0 Å². The number of hydrogen-bond acceptors (Lipinski definition) is 8. The minimum absolute atomic E-state index is 0.848. The highest BCUT2D eigenvalue weighted by Gasteiger charge is 2.37. The van der Waals surface area contributed by atoms with Gasteiger partial charge in [0.25, 0.3) is 0 Å². The summed E-state index contributed by atoms with van der Waals surface area (Å²) in [6.07, 6.45) is -9.70. The van der Waals surface area contributed by atoms with E-state index < -0.39 is 43.1 Å². The summed E-state index contributed by atoms with van der Waals surface area (Å²) in [6.45, 7) is -0.848. The van der Waals surface area contributed by atoms with E-state index in [1.54, 1.807) is 0 Å². The average Bonchev–Trinajstić information content (AvgIpc) is 2.32. The second kappa shape index (κ2) is 6.74. The second-order valence-corrected chi connectivity index (χ2v) is 3.19. The molecule has 0 rings (SSSR count). The Kier molecular flexibility index (Phi) is 6.41. The Balaban J connectivity index is 4.47. The fourth-order valence-electron chi connectivity index (χ4n) is 0.985. The third-order valence-electron chi connectivity index (χ3n) is 2.05. The lowest BCUT2D eigenvalue weighted by molar-refractivity contribution is -0.172. The van der Waals surface area contributed by atoms with Crippen molar-refractivity contribution in [3.05, 3.63) is 0 Å². The van der Waals surface area contributed by atoms with Crippen LogP contribution in [0.4, 0.5) is 0 Å². The van der Waals surface area contributed by atoms with Gasteiger partial charge in [-0.1, -0.05) is 0 Å². The van der Waals surface area contributed by atoms with E-state index in [9.17, 15) is 20.1 Å². The molecule has 0 saturated carbocycles. The van der Waals surface area contributed by atoms with Crippen LogP contribution in [-0.4, -0.2) is 80.8 Å². The first kappa shape index (κ1) is 15.2. The highest BCUT2D eigenvalue weighted by atomic mass is 16.5. The first-order valence-corrected chi connectivity index (χ1v) is 4.45. The molecule has 8 nitrogen and oxygen atoms in total. The Morgan fingerprint density at radius 1 is 1.06 bits per heavy atom. The van der Waals surface area contributed by atoms with Gasteiger partial charge in [-0.25, -0.2) is 4.79 Å². The molecular weight excluding hydrogens is 224 g/mol. The lowest BCUT2D eigenvalue weighted by atomic mass is 9.99. The number of aliphatic hydroxyl groups excluding tert-OH is 6. The second-order valence-electron chi connectivity index (χ2n) is 3.19. The molecule has 0 aliphatic carbocycles. The third-order valence-corrected chi connectivity index (χ3v) is 2.05. The molecule has 0 heterocycles. The normalized spacial score (nSPS) is 20.7. The van der Waals surface area contributed by atoms with Gasteiger partial charge >= 0.3 is 5.97 Å². The van der Waals surface area contributed by atoms with Crippen molar-refractivity contribution in [2.24, 2.45) is 0 Å². The molecule has 6 N–H and O–H groups in total. The van der Waals surface area contributed by atoms with E-state index >= 15 is 0 Å². The van der Waals surface area contributed by atoms with Crippen LogP contribution in [0.25, 0.3) is 0 Å². The van der Waals surface area contributed by atoms with E-state index in [0.717, 1.165) is 7.11 Å². The molecule has 0 aromatic rings. The Hall–Kier alpha value is -0.770. The molecule has 0 saturated heterocycles. The van der Waals surface area contributed by atoms with Gasteiger partial charge in [0, 0.05) is 0 Å². The van der Waals surface area contributed by atoms with Gasteiger partial charge in [0.1, 0.15) is 24.4 Å². The zero-order valence-corrected chi connectivity index (χ0v) is 8.59. The van der Waals surface area contributed by atoms with Gasteiger partial charge in [0.2, 0.25) is 0 Å². The van der Waals surface area contributed by atoms with Crippen LogP contribution in [0.2, 0.25) is 0 Å². The first-order chi connectivity index (χ1) is 7.36. The smallest absolute Gasteiger partial charge is 0.337 e. The van der Waals surface area contributed by atoms with Crippen molar-refractivity contribution in [3.8, 4) is 0 Å². The monoisotopic (exact) mass is 240 g/mol. The SMILES string of the molecule is COC(=O)[C@H](O)[C@@H](O)[C@H](O)[C@H](O)C(O)CO. The fourth-order valence-corrected chi connectivity index (χ4v) is 0.985. The summed E-state index contributed by atoms with van der Waals surface area (Å²) in [4.78, 5) is 10.8. The number of hydrogen-bond donors (Lipinski definition) is 6. The average molecular weight is 240 g/mol. The molecule has 5 atom stereocenters. The Morgan fingerprint density at radius 3 is 1.94 bits per heavy atom. The summed E-state index contributed by atoms with van der Waals surface area (Å²) in [7, 11) is 0.962. The van der Waals surface area contributed by atoms with E-state index in [2.05, 4.69) is 4.74 Å². The topological polar surface area (TPSA) is 148 Å². The van der Waals surface area contributed by atoms with Crippen LogP contribution < -0.4 is 0 Å². The van der Waals surface area contributed by atoms with Crippen LogP contribution in [0, 0.1) is 0 Å². The highest BCUT2D eigenvalue weighted by molar-refractivity contribution is 5.75. The summed E-state index contributed by atoms with van der Waals surface area (Å²) in [6, 6.07) is 0. The number of aliphatic hydroxyl groups is 6. The molecular formula is C8H16O8. The number of carbonyl (C=O) groups excluding carboxylic acids is 1. The van der Waals surface area contributed by atoms with Gasteiger partial charge < -0.3 is 35.4 Å². The van der Waals surface area contributed by atoms with Gasteiger partial charge in [-0.15, -0.1) is 0 Å². The van der Waals surface area contributed by atoms with Crippen LogP contribution in [0.1, 0.15) is 0 Å². The van der Waals surface area contributed by atoms with Crippen molar-refractivity contribution in [1.29, 1.82) is 0 Å². The molecule has 8 heteroatoms. The molecule has 0 fully saturated rings. The van der Waals surface area contributed by atoms with Crippen LogP contribution in [0.5, 0.6) is 0 Å². The molecule has 0 bridgehead atoms. The molecule has 1 unspecified atom stereocenters. The van der Waals surface area contributed by atoms with Gasteiger partial charge in [0.15, 0.2) is 6.10 Å². The highest BCUT2D eigenvalue weighted by Crippen LogP contribution is 2.09. The summed E-state index contributed by atoms with van der Waals surface area (Å²) in [5.41, 5.74) is 0.